The Morgan fingerprint density at radius 1 is 1.12 bits per heavy atom. The van der Waals surface area contributed by atoms with E-state index in [0.717, 1.165) is 12.0 Å². The van der Waals surface area contributed by atoms with E-state index in [-0.39, 0.29) is 0 Å². The molecule has 1 aromatic rings. The lowest BCUT2D eigenvalue weighted by Gasteiger charge is -2.10. The Labute approximate surface area is 102 Å². The normalized spacial score (nSPS) is 14.1. The van der Waals surface area contributed by atoms with E-state index in [4.69, 9.17) is 10.7 Å². The van der Waals surface area contributed by atoms with Crippen LogP contribution in [0.15, 0.2) is 24.3 Å². The van der Waals surface area contributed by atoms with Gasteiger partial charge in [0.05, 0.1) is 5.25 Å². The van der Waals surface area contributed by atoms with Crippen molar-refractivity contribution >= 4 is 19.7 Å². The summed E-state index contributed by atoms with van der Waals surface area (Å²) in [5.41, 5.74) is 1.96. The van der Waals surface area contributed by atoms with Crippen molar-refractivity contribution < 1.29 is 8.42 Å². The highest BCUT2D eigenvalue weighted by Crippen LogP contribution is 2.25. The van der Waals surface area contributed by atoms with Crippen LogP contribution >= 0.6 is 10.7 Å². The van der Waals surface area contributed by atoms with Crippen LogP contribution in [0.4, 0.5) is 0 Å². The number of rotatable bonds is 4. The first kappa shape index (κ1) is 13.5. The zero-order valence-corrected chi connectivity index (χ0v) is 11.3. The Bertz CT molecular complexity index is 435. The van der Waals surface area contributed by atoms with Gasteiger partial charge in [-0.15, -0.1) is 0 Å². The summed E-state index contributed by atoms with van der Waals surface area (Å²) in [7, 11) is 1.79. The van der Waals surface area contributed by atoms with E-state index in [0.29, 0.717) is 5.92 Å². The van der Waals surface area contributed by atoms with Crippen molar-refractivity contribution in [1.82, 2.24) is 0 Å². The Morgan fingerprint density at radius 3 is 2.00 bits per heavy atom. The van der Waals surface area contributed by atoms with Gasteiger partial charge < -0.3 is 0 Å². The van der Waals surface area contributed by atoms with Crippen molar-refractivity contribution in [3.63, 3.8) is 0 Å². The molecule has 0 aromatic heterocycles. The molecule has 90 valence electrons. The first-order valence-corrected chi connectivity index (χ1v) is 7.70. The van der Waals surface area contributed by atoms with E-state index in [9.17, 15) is 8.42 Å². The van der Waals surface area contributed by atoms with Gasteiger partial charge in [-0.05, 0) is 30.4 Å². The molecule has 0 N–H and O–H groups in total. The van der Waals surface area contributed by atoms with Gasteiger partial charge in [0.2, 0.25) is 9.05 Å². The Hall–Kier alpha value is -0.540. The first-order valence-electron chi connectivity index (χ1n) is 5.33. The number of hydrogen-bond acceptors (Lipinski definition) is 2. The molecule has 0 amide bonds. The molecular weight excluding hydrogens is 244 g/mol. The maximum absolute atomic E-state index is 11.2. The fourth-order valence-corrected chi connectivity index (χ4v) is 2.35. The van der Waals surface area contributed by atoms with Crippen LogP contribution in [0.1, 0.15) is 37.1 Å². The van der Waals surface area contributed by atoms with Gasteiger partial charge in [-0.2, -0.15) is 0 Å². The third kappa shape index (κ3) is 3.80. The lowest BCUT2D eigenvalue weighted by Crippen LogP contribution is -2.03. The third-order valence-corrected chi connectivity index (χ3v) is 4.43. The van der Waals surface area contributed by atoms with Gasteiger partial charge in [0.1, 0.15) is 0 Å². The molecule has 1 rings (SSSR count). The summed E-state index contributed by atoms with van der Waals surface area (Å²) in [6.07, 6.45) is 1.00. The van der Waals surface area contributed by atoms with Gasteiger partial charge in [0, 0.05) is 10.7 Å². The summed E-state index contributed by atoms with van der Waals surface area (Å²) in [4.78, 5) is 0. The van der Waals surface area contributed by atoms with Crippen LogP contribution in [0.2, 0.25) is 0 Å². The molecule has 0 aliphatic carbocycles. The zero-order chi connectivity index (χ0) is 12.3. The van der Waals surface area contributed by atoms with Gasteiger partial charge in [-0.3, -0.25) is 0 Å². The molecule has 1 aromatic carbocycles. The molecule has 2 nitrogen and oxygen atoms in total. The predicted molar refractivity (Wildman–Crippen MR) is 68.2 cm³/mol. The Balaban J connectivity index is 2.87. The third-order valence-electron chi connectivity index (χ3n) is 2.52. The van der Waals surface area contributed by atoms with Gasteiger partial charge in [-0.1, -0.05) is 38.1 Å². The minimum atomic E-state index is -3.52. The average molecular weight is 261 g/mol. The van der Waals surface area contributed by atoms with Crippen molar-refractivity contribution in [3.8, 4) is 0 Å². The standard InChI is InChI=1S/C12H17ClO2S/c1-9(2)8-11-4-6-12(7-5-11)10(3)16(13,14)15/h4-7,9-10H,8H2,1-3H3. The SMILES string of the molecule is CC(C)Cc1ccc(C(C)S(=O)(=O)Cl)cc1. The van der Waals surface area contributed by atoms with Crippen LogP contribution in [-0.2, 0) is 15.5 Å². The van der Waals surface area contributed by atoms with Gasteiger partial charge in [0.25, 0.3) is 0 Å². The van der Waals surface area contributed by atoms with Gasteiger partial charge in [0.15, 0.2) is 0 Å². The summed E-state index contributed by atoms with van der Waals surface area (Å²) in [5.74, 6) is 0.597. The molecular formula is C12H17ClO2S. The van der Waals surface area contributed by atoms with E-state index >= 15 is 0 Å². The van der Waals surface area contributed by atoms with Crippen LogP contribution in [0.5, 0.6) is 0 Å². The van der Waals surface area contributed by atoms with Crippen molar-refractivity contribution in [2.45, 2.75) is 32.4 Å². The van der Waals surface area contributed by atoms with Crippen LogP contribution in [-0.4, -0.2) is 8.42 Å². The van der Waals surface area contributed by atoms with Crippen molar-refractivity contribution in [3.05, 3.63) is 35.4 Å². The van der Waals surface area contributed by atoms with E-state index in [2.05, 4.69) is 13.8 Å². The molecule has 0 saturated heterocycles. The monoisotopic (exact) mass is 260 g/mol. The topological polar surface area (TPSA) is 34.1 Å². The molecule has 0 aliphatic heterocycles. The number of hydrogen-bond donors (Lipinski definition) is 0. The molecule has 16 heavy (non-hydrogen) atoms. The van der Waals surface area contributed by atoms with Crippen LogP contribution in [0, 0.1) is 5.92 Å². The molecule has 0 bridgehead atoms. The second-order valence-electron chi connectivity index (χ2n) is 4.46. The van der Waals surface area contributed by atoms with Crippen molar-refractivity contribution in [1.29, 1.82) is 0 Å². The van der Waals surface area contributed by atoms with Gasteiger partial charge in [-0.25, -0.2) is 8.42 Å². The fraction of sp³-hybridized carbons (Fsp3) is 0.500. The average Bonchev–Trinajstić information content (AvgIpc) is 2.15. The molecule has 0 spiro atoms. The molecule has 0 saturated carbocycles. The molecule has 4 heteroatoms. The quantitative estimate of drug-likeness (QED) is 0.777. The van der Waals surface area contributed by atoms with E-state index in [1.807, 2.05) is 24.3 Å². The second kappa shape index (κ2) is 5.19. The van der Waals surface area contributed by atoms with Crippen molar-refractivity contribution in [2.24, 2.45) is 5.92 Å². The molecule has 0 aliphatic rings. The largest absolute Gasteiger partial charge is 0.239 e. The van der Waals surface area contributed by atoms with Crippen LogP contribution in [0.25, 0.3) is 0 Å². The lowest BCUT2D eigenvalue weighted by atomic mass is 10.0. The summed E-state index contributed by atoms with van der Waals surface area (Å²) >= 11 is 0. The van der Waals surface area contributed by atoms with Crippen molar-refractivity contribution in [2.75, 3.05) is 0 Å². The molecule has 0 heterocycles. The first-order chi connectivity index (χ1) is 7.30. The molecule has 1 unspecified atom stereocenters. The van der Waals surface area contributed by atoms with Crippen LogP contribution in [0.3, 0.4) is 0 Å². The lowest BCUT2D eigenvalue weighted by molar-refractivity contribution is 0.600. The zero-order valence-electron chi connectivity index (χ0n) is 9.77. The maximum Gasteiger partial charge on any atom is 0.239 e. The summed E-state index contributed by atoms with van der Waals surface area (Å²) in [6.45, 7) is 5.90. The molecule has 1 atom stereocenters. The highest BCUT2D eigenvalue weighted by molar-refractivity contribution is 8.13. The minimum Gasteiger partial charge on any atom is -0.212 e. The predicted octanol–water partition coefficient (Wildman–Crippen LogP) is 3.51. The Morgan fingerprint density at radius 2 is 1.62 bits per heavy atom. The summed E-state index contributed by atoms with van der Waals surface area (Å²) in [6, 6.07) is 7.60. The minimum absolute atomic E-state index is 0.597. The Kier molecular flexibility index (Phi) is 4.39. The van der Waals surface area contributed by atoms with E-state index in [1.54, 1.807) is 6.92 Å². The smallest absolute Gasteiger partial charge is 0.212 e. The number of halogens is 1. The van der Waals surface area contributed by atoms with Crippen LogP contribution < -0.4 is 0 Å². The summed E-state index contributed by atoms with van der Waals surface area (Å²) in [5, 5.41) is -0.651. The van der Waals surface area contributed by atoms with E-state index < -0.39 is 14.3 Å². The summed E-state index contributed by atoms with van der Waals surface area (Å²) < 4.78 is 22.3. The van der Waals surface area contributed by atoms with Gasteiger partial charge >= 0.3 is 0 Å². The molecule has 0 fully saturated rings. The molecule has 0 radical (unpaired) electrons. The maximum atomic E-state index is 11.2. The fourth-order valence-electron chi connectivity index (χ4n) is 1.56. The number of benzene rings is 1. The van der Waals surface area contributed by atoms with E-state index in [1.165, 1.54) is 5.56 Å². The highest BCUT2D eigenvalue weighted by atomic mass is 35.7. The second-order valence-corrected chi connectivity index (χ2v) is 7.41. The highest BCUT2D eigenvalue weighted by Gasteiger charge is 2.19.